The highest BCUT2D eigenvalue weighted by Gasteiger charge is 2.43. The summed E-state index contributed by atoms with van der Waals surface area (Å²) < 4.78 is 0. The number of carbonyl (C=O) groups is 1. The number of carboxylic acids is 1. The summed E-state index contributed by atoms with van der Waals surface area (Å²) in [6, 6.07) is 0. The van der Waals surface area contributed by atoms with E-state index in [1.165, 1.54) is 0 Å². The van der Waals surface area contributed by atoms with Crippen LogP contribution in [0.4, 0.5) is 0 Å². The summed E-state index contributed by atoms with van der Waals surface area (Å²) >= 11 is 0. The zero-order chi connectivity index (χ0) is 13.3. The Hall–Kier alpha value is -0.570. The molecule has 0 spiro atoms. The molecule has 0 radical (unpaired) electrons. The van der Waals surface area contributed by atoms with Crippen molar-refractivity contribution < 1.29 is 15.0 Å². The molecular weight excluding hydrogens is 216 g/mol. The highest BCUT2D eigenvalue weighted by molar-refractivity contribution is 5.71. The number of hydrogen-bond acceptors (Lipinski definition) is 2. The fourth-order valence-electron chi connectivity index (χ4n) is 2.85. The summed E-state index contributed by atoms with van der Waals surface area (Å²) in [5.74, 6) is -0.942. The van der Waals surface area contributed by atoms with Crippen molar-refractivity contribution in [2.75, 3.05) is 0 Å². The smallest absolute Gasteiger partial charge is 0.309 e. The fourth-order valence-corrected chi connectivity index (χ4v) is 2.85. The van der Waals surface area contributed by atoms with Gasteiger partial charge in [0.05, 0.1) is 11.5 Å². The van der Waals surface area contributed by atoms with Gasteiger partial charge in [0.1, 0.15) is 0 Å². The maximum Gasteiger partial charge on any atom is 0.309 e. The molecule has 1 rings (SSSR count). The average Bonchev–Trinajstić information content (AvgIpc) is 2.28. The van der Waals surface area contributed by atoms with E-state index in [4.69, 9.17) is 5.11 Å². The molecule has 100 valence electrons. The van der Waals surface area contributed by atoms with Crippen molar-refractivity contribution in [3.8, 4) is 0 Å². The van der Waals surface area contributed by atoms with Crippen LogP contribution in [-0.4, -0.2) is 21.8 Å². The van der Waals surface area contributed by atoms with Gasteiger partial charge in [0.2, 0.25) is 0 Å². The molecule has 0 aliphatic heterocycles. The van der Waals surface area contributed by atoms with Gasteiger partial charge < -0.3 is 10.2 Å². The van der Waals surface area contributed by atoms with Gasteiger partial charge in [-0.2, -0.15) is 0 Å². The van der Waals surface area contributed by atoms with Crippen molar-refractivity contribution in [2.24, 2.45) is 17.3 Å². The molecule has 1 saturated carbocycles. The average molecular weight is 242 g/mol. The van der Waals surface area contributed by atoms with Crippen molar-refractivity contribution >= 4 is 5.97 Å². The molecule has 0 bridgehead atoms. The molecule has 3 nitrogen and oxygen atoms in total. The zero-order valence-electron chi connectivity index (χ0n) is 11.5. The van der Waals surface area contributed by atoms with Crippen LogP contribution in [0.3, 0.4) is 0 Å². The van der Waals surface area contributed by atoms with Crippen molar-refractivity contribution in [3.63, 3.8) is 0 Å². The van der Waals surface area contributed by atoms with E-state index in [1.54, 1.807) is 6.92 Å². The third-order valence-corrected chi connectivity index (χ3v) is 5.04. The summed E-state index contributed by atoms with van der Waals surface area (Å²) in [6.45, 7) is 8.35. The molecule has 1 aliphatic carbocycles. The van der Waals surface area contributed by atoms with E-state index in [9.17, 15) is 9.90 Å². The molecule has 0 heterocycles. The Kier molecular flexibility index (Phi) is 4.23. The maximum absolute atomic E-state index is 11.0. The Labute approximate surface area is 104 Å². The summed E-state index contributed by atoms with van der Waals surface area (Å²) in [7, 11) is 0. The van der Waals surface area contributed by atoms with Gasteiger partial charge in [-0.3, -0.25) is 4.79 Å². The van der Waals surface area contributed by atoms with E-state index in [2.05, 4.69) is 20.8 Å². The van der Waals surface area contributed by atoms with Crippen LogP contribution in [0, 0.1) is 17.3 Å². The van der Waals surface area contributed by atoms with Crippen molar-refractivity contribution in [1.82, 2.24) is 0 Å². The number of hydrogen-bond donors (Lipinski definition) is 2. The van der Waals surface area contributed by atoms with Crippen molar-refractivity contribution in [1.29, 1.82) is 0 Å². The Morgan fingerprint density at radius 3 is 2.24 bits per heavy atom. The first-order valence-corrected chi connectivity index (χ1v) is 6.68. The molecule has 0 amide bonds. The first kappa shape index (κ1) is 14.5. The van der Waals surface area contributed by atoms with Crippen LogP contribution in [0.1, 0.15) is 59.8 Å². The molecule has 1 atom stereocenters. The van der Waals surface area contributed by atoms with Crippen LogP contribution in [0.2, 0.25) is 0 Å². The minimum absolute atomic E-state index is 0.299. The molecule has 3 heteroatoms. The van der Waals surface area contributed by atoms with Gasteiger partial charge in [0.25, 0.3) is 0 Å². The molecular formula is C14H26O3. The van der Waals surface area contributed by atoms with Crippen LogP contribution >= 0.6 is 0 Å². The SMILES string of the molecule is CCC(C)(C)C1CCC(O)(C(C)C(=O)O)CC1. The highest BCUT2D eigenvalue weighted by atomic mass is 16.4. The first-order valence-electron chi connectivity index (χ1n) is 6.68. The fraction of sp³-hybridized carbons (Fsp3) is 0.929. The predicted octanol–water partition coefficient (Wildman–Crippen LogP) is 3.06. The molecule has 1 fully saturated rings. The lowest BCUT2D eigenvalue weighted by Crippen LogP contribution is -2.45. The van der Waals surface area contributed by atoms with Crippen LogP contribution in [0.25, 0.3) is 0 Å². The molecule has 17 heavy (non-hydrogen) atoms. The lowest BCUT2D eigenvalue weighted by Gasteiger charge is -2.44. The number of aliphatic hydroxyl groups is 1. The molecule has 0 aromatic carbocycles. The Morgan fingerprint density at radius 2 is 1.88 bits per heavy atom. The van der Waals surface area contributed by atoms with Crippen LogP contribution < -0.4 is 0 Å². The van der Waals surface area contributed by atoms with Gasteiger partial charge in [-0.05, 0) is 43.9 Å². The van der Waals surface area contributed by atoms with Gasteiger partial charge in [0, 0.05) is 0 Å². The van der Waals surface area contributed by atoms with Crippen LogP contribution in [-0.2, 0) is 4.79 Å². The van der Waals surface area contributed by atoms with Gasteiger partial charge in [-0.1, -0.05) is 27.2 Å². The Balaban J connectivity index is 2.64. The van der Waals surface area contributed by atoms with Crippen molar-refractivity contribution in [2.45, 2.75) is 65.4 Å². The molecule has 0 saturated heterocycles. The third-order valence-electron chi connectivity index (χ3n) is 5.04. The second-order valence-electron chi connectivity index (χ2n) is 6.28. The number of rotatable bonds is 4. The molecule has 0 aromatic rings. The number of aliphatic carboxylic acids is 1. The Morgan fingerprint density at radius 1 is 1.41 bits per heavy atom. The van der Waals surface area contributed by atoms with E-state index >= 15 is 0 Å². The lowest BCUT2D eigenvalue weighted by molar-refractivity contribution is -0.155. The van der Waals surface area contributed by atoms with E-state index in [-0.39, 0.29) is 0 Å². The van der Waals surface area contributed by atoms with E-state index in [0.29, 0.717) is 24.2 Å². The topological polar surface area (TPSA) is 57.5 Å². The van der Waals surface area contributed by atoms with Gasteiger partial charge in [-0.25, -0.2) is 0 Å². The number of carboxylic acid groups (broad SMARTS) is 1. The van der Waals surface area contributed by atoms with Crippen molar-refractivity contribution in [3.05, 3.63) is 0 Å². The normalized spacial score (nSPS) is 32.2. The lowest BCUT2D eigenvalue weighted by atomic mass is 9.64. The first-order chi connectivity index (χ1) is 7.73. The molecule has 2 N–H and O–H groups in total. The van der Waals surface area contributed by atoms with Crippen LogP contribution in [0.15, 0.2) is 0 Å². The van der Waals surface area contributed by atoms with Gasteiger partial charge in [0.15, 0.2) is 0 Å². The molecule has 1 unspecified atom stereocenters. The van der Waals surface area contributed by atoms with Gasteiger partial charge in [-0.15, -0.1) is 0 Å². The van der Waals surface area contributed by atoms with E-state index in [1.807, 2.05) is 0 Å². The van der Waals surface area contributed by atoms with Gasteiger partial charge >= 0.3 is 5.97 Å². The predicted molar refractivity (Wildman–Crippen MR) is 67.8 cm³/mol. The monoisotopic (exact) mass is 242 g/mol. The van der Waals surface area contributed by atoms with E-state index < -0.39 is 17.5 Å². The van der Waals surface area contributed by atoms with E-state index in [0.717, 1.165) is 19.3 Å². The Bertz CT molecular complexity index is 275. The molecule has 1 aliphatic rings. The summed E-state index contributed by atoms with van der Waals surface area (Å²) in [5, 5.41) is 19.4. The second kappa shape index (κ2) is 4.97. The summed E-state index contributed by atoms with van der Waals surface area (Å²) in [6.07, 6.45) is 4.25. The quantitative estimate of drug-likeness (QED) is 0.796. The largest absolute Gasteiger partial charge is 0.481 e. The minimum atomic E-state index is -0.994. The zero-order valence-corrected chi connectivity index (χ0v) is 11.5. The minimum Gasteiger partial charge on any atom is -0.481 e. The standard InChI is InChI=1S/C14H26O3/c1-5-13(3,4)11-6-8-14(17,9-7-11)10(2)12(15)16/h10-11,17H,5-9H2,1-4H3,(H,15,16). The summed E-state index contributed by atoms with van der Waals surface area (Å²) in [5.41, 5.74) is -0.694. The molecule has 0 aromatic heterocycles. The highest BCUT2D eigenvalue weighted by Crippen LogP contribution is 2.45. The third kappa shape index (κ3) is 3.01. The maximum atomic E-state index is 11.0. The van der Waals surface area contributed by atoms with Crippen LogP contribution in [0.5, 0.6) is 0 Å². The summed E-state index contributed by atoms with van der Waals surface area (Å²) in [4.78, 5) is 11.0. The second-order valence-corrected chi connectivity index (χ2v) is 6.28.